The molecule has 4 rings (SSSR count). The first-order valence-corrected chi connectivity index (χ1v) is 10.5. The molecule has 1 amide bonds. The van der Waals surface area contributed by atoms with E-state index >= 15 is 0 Å². The normalized spacial score (nSPS) is 14.1. The number of aryl methyl sites for hydroxylation is 1. The zero-order valence-electron chi connectivity index (χ0n) is 16.8. The summed E-state index contributed by atoms with van der Waals surface area (Å²) in [4.78, 5) is 25.9. The summed E-state index contributed by atoms with van der Waals surface area (Å²) in [5.74, 6) is 2.68. The highest BCUT2D eigenvalue weighted by Gasteiger charge is 2.24. The smallest absolute Gasteiger partial charge is 0.255 e. The highest BCUT2D eigenvalue weighted by molar-refractivity contribution is 9.10. The fourth-order valence-electron chi connectivity index (χ4n) is 3.33. The van der Waals surface area contributed by atoms with E-state index in [1.165, 1.54) is 0 Å². The Morgan fingerprint density at radius 1 is 1.20 bits per heavy atom. The van der Waals surface area contributed by atoms with E-state index in [1.54, 1.807) is 19.4 Å². The van der Waals surface area contributed by atoms with Gasteiger partial charge in [-0.05, 0) is 46.3 Å². The van der Waals surface area contributed by atoms with E-state index in [2.05, 4.69) is 36.0 Å². The van der Waals surface area contributed by atoms with Gasteiger partial charge in [0.25, 0.3) is 5.91 Å². The summed E-state index contributed by atoms with van der Waals surface area (Å²) in [5, 5.41) is 3.98. The number of rotatable bonds is 5. The number of methoxy groups -OCH3 is 1. The van der Waals surface area contributed by atoms with E-state index in [9.17, 15) is 4.79 Å². The van der Waals surface area contributed by atoms with Crippen molar-refractivity contribution < 1.29 is 14.1 Å². The van der Waals surface area contributed by atoms with Crippen LogP contribution < -0.4 is 9.64 Å². The van der Waals surface area contributed by atoms with E-state index in [0.717, 1.165) is 15.9 Å². The summed E-state index contributed by atoms with van der Waals surface area (Å²) in [5.41, 5.74) is 1.43. The summed E-state index contributed by atoms with van der Waals surface area (Å²) in [7, 11) is 1.59. The van der Waals surface area contributed by atoms with Gasteiger partial charge in [-0.25, -0.2) is 4.98 Å². The Hall–Kier alpha value is -2.94. The van der Waals surface area contributed by atoms with Crippen LogP contribution in [0, 0.1) is 0 Å². The summed E-state index contributed by atoms with van der Waals surface area (Å²) >= 11 is 3.47. The zero-order chi connectivity index (χ0) is 21.1. The van der Waals surface area contributed by atoms with E-state index in [-0.39, 0.29) is 5.91 Å². The molecule has 8 nitrogen and oxygen atoms in total. The minimum atomic E-state index is -0.00688. The third-order valence-corrected chi connectivity index (χ3v) is 5.76. The summed E-state index contributed by atoms with van der Waals surface area (Å²) < 4.78 is 11.2. The quantitative estimate of drug-likeness (QED) is 0.563. The van der Waals surface area contributed by atoms with Gasteiger partial charge in [0.1, 0.15) is 11.6 Å². The Kier molecular flexibility index (Phi) is 5.98. The Bertz CT molecular complexity index is 1030. The first kappa shape index (κ1) is 20.3. The molecular formula is C21H22BrN5O3. The Balaban J connectivity index is 1.40. The van der Waals surface area contributed by atoms with Crippen LogP contribution in [0.2, 0.25) is 0 Å². The molecule has 0 N–H and O–H groups in total. The maximum Gasteiger partial charge on any atom is 0.255 e. The van der Waals surface area contributed by atoms with Crippen molar-refractivity contribution in [1.29, 1.82) is 0 Å². The van der Waals surface area contributed by atoms with Crippen molar-refractivity contribution >= 4 is 27.7 Å². The highest BCUT2D eigenvalue weighted by Crippen LogP contribution is 2.25. The number of ether oxygens (including phenoxy) is 1. The molecule has 0 spiro atoms. The lowest BCUT2D eigenvalue weighted by atomic mass is 10.1. The summed E-state index contributed by atoms with van der Waals surface area (Å²) in [6.07, 6.45) is 2.46. The van der Waals surface area contributed by atoms with Crippen LogP contribution >= 0.6 is 15.9 Å². The van der Waals surface area contributed by atoms with Gasteiger partial charge in [0.2, 0.25) is 11.7 Å². The molecular weight excluding hydrogens is 450 g/mol. The number of piperazine rings is 1. The van der Waals surface area contributed by atoms with Crippen molar-refractivity contribution in [2.75, 3.05) is 38.2 Å². The van der Waals surface area contributed by atoms with Gasteiger partial charge in [-0.15, -0.1) is 0 Å². The van der Waals surface area contributed by atoms with Crippen LogP contribution in [0.25, 0.3) is 11.4 Å². The Labute approximate surface area is 183 Å². The topological polar surface area (TPSA) is 84.6 Å². The van der Waals surface area contributed by atoms with Crippen molar-refractivity contribution in [2.45, 2.75) is 13.3 Å². The molecule has 9 heteroatoms. The summed E-state index contributed by atoms with van der Waals surface area (Å²) in [6.45, 7) is 4.63. The van der Waals surface area contributed by atoms with Gasteiger partial charge in [0.15, 0.2) is 0 Å². The zero-order valence-corrected chi connectivity index (χ0v) is 18.4. The maximum atomic E-state index is 12.9. The van der Waals surface area contributed by atoms with Crippen molar-refractivity contribution in [3.8, 4) is 17.1 Å². The molecule has 0 radical (unpaired) electrons. The van der Waals surface area contributed by atoms with Gasteiger partial charge in [-0.1, -0.05) is 12.1 Å². The highest BCUT2D eigenvalue weighted by atomic mass is 79.9. The van der Waals surface area contributed by atoms with Gasteiger partial charge < -0.3 is 19.1 Å². The number of anilines is 1. The fraction of sp³-hybridized carbons (Fsp3) is 0.333. The first-order chi connectivity index (χ1) is 14.6. The van der Waals surface area contributed by atoms with Gasteiger partial charge in [-0.3, -0.25) is 4.79 Å². The van der Waals surface area contributed by atoms with Crippen LogP contribution in [0.1, 0.15) is 23.2 Å². The summed E-state index contributed by atoms with van der Waals surface area (Å²) in [6, 6.07) is 9.32. The predicted octanol–water partition coefficient (Wildman–Crippen LogP) is 3.43. The largest absolute Gasteiger partial charge is 0.497 e. The molecule has 1 aromatic carbocycles. The number of nitrogens with zero attached hydrogens (tertiary/aromatic N) is 5. The molecule has 1 fully saturated rings. The predicted molar refractivity (Wildman–Crippen MR) is 116 cm³/mol. The van der Waals surface area contributed by atoms with Gasteiger partial charge >= 0.3 is 0 Å². The van der Waals surface area contributed by atoms with E-state index in [4.69, 9.17) is 9.26 Å². The number of carbonyl (C=O) groups excluding carboxylic acids is 1. The molecule has 156 valence electrons. The SMILES string of the molecule is CCc1nc(-c2ccc(N3CCN(C(=O)c4cc(OC)ccc4Br)CC3)nc2)no1. The molecule has 0 bridgehead atoms. The van der Waals surface area contributed by atoms with Crippen molar-refractivity contribution in [1.82, 2.24) is 20.0 Å². The minimum absolute atomic E-state index is 0.00688. The monoisotopic (exact) mass is 471 g/mol. The molecule has 1 aliphatic heterocycles. The second-order valence-corrected chi connectivity index (χ2v) is 7.75. The van der Waals surface area contributed by atoms with Gasteiger partial charge in [-0.2, -0.15) is 4.98 Å². The molecule has 0 aliphatic carbocycles. The number of benzene rings is 1. The van der Waals surface area contributed by atoms with Crippen molar-refractivity contribution in [3.63, 3.8) is 0 Å². The van der Waals surface area contributed by atoms with Crippen LogP contribution in [0.15, 0.2) is 45.5 Å². The first-order valence-electron chi connectivity index (χ1n) is 9.75. The molecule has 1 saturated heterocycles. The molecule has 0 atom stereocenters. The van der Waals surface area contributed by atoms with Crippen LogP contribution in [-0.4, -0.2) is 59.2 Å². The molecule has 3 aromatic rings. The molecule has 3 heterocycles. The van der Waals surface area contributed by atoms with Crippen LogP contribution in [0.5, 0.6) is 5.75 Å². The number of halogens is 1. The third-order valence-electron chi connectivity index (χ3n) is 5.07. The van der Waals surface area contributed by atoms with Gasteiger partial charge in [0, 0.05) is 48.8 Å². The van der Waals surface area contributed by atoms with Crippen molar-refractivity contribution in [2.24, 2.45) is 0 Å². The van der Waals surface area contributed by atoms with Gasteiger partial charge in [0.05, 0.1) is 12.7 Å². The number of hydrogen-bond acceptors (Lipinski definition) is 7. The van der Waals surface area contributed by atoms with E-state index < -0.39 is 0 Å². The fourth-order valence-corrected chi connectivity index (χ4v) is 3.74. The lowest BCUT2D eigenvalue weighted by Gasteiger charge is -2.35. The lowest BCUT2D eigenvalue weighted by molar-refractivity contribution is 0.0745. The van der Waals surface area contributed by atoms with Crippen LogP contribution in [-0.2, 0) is 6.42 Å². The number of hydrogen-bond donors (Lipinski definition) is 0. The standard InChI is InChI=1S/C21H22BrN5O3/c1-3-19-24-20(25-30-19)14-4-7-18(23-13-14)26-8-10-27(11-9-26)21(28)16-12-15(29-2)5-6-17(16)22/h4-7,12-13H,3,8-11H2,1-2H3. The second-order valence-electron chi connectivity index (χ2n) is 6.90. The lowest BCUT2D eigenvalue weighted by Crippen LogP contribution is -2.49. The Morgan fingerprint density at radius 3 is 2.63 bits per heavy atom. The number of aromatic nitrogens is 3. The van der Waals surface area contributed by atoms with Crippen LogP contribution in [0.4, 0.5) is 5.82 Å². The number of carbonyl (C=O) groups is 1. The minimum Gasteiger partial charge on any atom is -0.497 e. The second kappa shape index (κ2) is 8.83. The number of amides is 1. The van der Waals surface area contributed by atoms with Crippen molar-refractivity contribution in [3.05, 3.63) is 52.5 Å². The average Bonchev–Trinajstić information content (AvgIpc) is 3.29. The molecule has 30 heavy (non-hydrogen) atoms. The average molecular weight is 472 g/mol. The number of pyridine rings is 1. The van der Waals surface area contributed by atoms with E-state index in [1.807, 2.05) is 36.1 Å². The molecule has 0 unspecified atom stereocenters. The molecule has 0 saturated carbocycles. The Morgan fingerprint density at radius 2 is 2.00 bits per heavy atom. The third kappa shape index (κ3) is 4.16. The molecule has 1 aliphatic rings. The molecule has 2 aromatic heterocycles. The van der Waals surface area contributed by atoms with E-state index in [0.29, 0.717) is 55.6 Å². The maximum absolute atomic E-state index is 12.9. The van der Waals surface area contributed by atoms with Crippen LogP contribution in [0.3, 0.4) is 0 Å².